The molecule has 0 unspecified atom stereocenters. The van der Waals surface area contributed by atoms with Gasteiger partial charge in [0.1, 0.15) is 5.60 Å². The van der Waals surface area contributed by atoms with Crippen LogP contribution in [-0.2, 0) is 4.79 Å². The van der Waals surface area contributed by atoms with Crippen molar-refractivity contribution in [3.05, 3.63) is 27.8 Å². The number of carbonyl (C=O) groups excluding carboxylic acids is 1. The number of halogens is 1. The summed E-state index contributed by atoms with van der Waals surface area (Å²) in [6.07, 6.45) is 3.00. The standard InChI is InChI=1S/C12H14INO2/c13-9-3-5-10(6-4-9)14-11(15)12(16)7-1-2-8-12/h3-6,16H,1-2,7-8H2,(H,14,15). The molecule has 1 aliphatic carbocycles. The van der Waals surface area contributed by atoms with Gasteiger partial charge in [0, 0.05) is 9.26 Å². The first kappa shape index (κ1) is 11.9. The molecule has 0 heterocycles. The minimum atomic E-state index is -1.15. The summed E-state index contributed by atoms with van der Waals surface area (Å²) < 4.78 is 1.12. The Morgan fingerprint density at radius 1 is 1.25 bits per heavy atom. The predicted molar refractivity (Wildman–Crippen MR) is 71.2 cm³/mol. The topological polar surface area (TPSA) is 49.3 Å². The molecule has 2 N–H and O–H groups in total. The summed E-state index contributed by atoms with van der Waals surface area (Å²) in [4.78, 5) is 11.9. The lowest BCUT2D eigenvalue weighted by atomic mass is 10.0. The third-order valence-electron chi connectivity index (χ3n) is 2.96. The van der Waals surface area contributed by atoms with E-state index in [2.05, 4.69) is 27.9 Å². The Labute approximate surface area is 108 Å². The Hall–Kier alpha value is -0.620. The number of hydrogen-bond donors (Lipinski definition) is 2. The number of benzene rings is 1. The largest absolute Gasteiger partial charge is 0.380 e. The molecule has 0 aromatic heterocycles. The maximum atomic E-state index is 11.9. The van der Waals surface area contributed by atoms with Gasteiger partial charge in [0.2, 0.25) is 0 Å². The Morgan fingerprint density at radius 2 is 1.81 bits per heavy atom. The summed E-state index contributed by atoms with van der Waals surface area (Å²) >= 11 is 2.21. The fourth-order valence-electron chi connectivity index (χ4n) is 1.97. The van der Waals surface area contributed by atoms with Crippen molar-refractivity contribution >= 4 is 34.2 Å². The molecule has 0 atom stereocenters. The Bertz CT molecular complexity index is 383. The van der Waals surface area contributed by atoms with Gasteiger partial charge in [-0.25, -0.2) is 0 Å². The van der Waals surface area contributed by atoms with Crippen molar-refractivity contribution in [2.75, 3.05) is 5.32 Å². The Kier molecular flexibility index (Phi) is 3.49. The lowest BCUT2D eigenvalue weighted by molar-refractivity contribution is -0.133. The van der Waals surface area contributed by atoms with E-state index >= 15 is 0 Å². The molecule has 1 aromatic carbocycles. The number of nitrogens with one attached hydrogen (secondary N) is 1. The molecular weight excluding hydrogens is 317 g/mol. The van der Waals surface area contributed by atoms with Gasteiger partial charge in [0.05, 0.1) is 0 Å². The van der Waals surface area contributed by atoms with Crippen LogP contribution in [0, 0.1) is 3.57 Å². The van der Waals surface area contributed by atoms with E-state index in [-0.39, 0.29) is 5.91 Å². The van der Waals surface area contributed by atoms with E-state index in [0.717, 1.165) is 22.1 Å². The normalized spacial score (nSPS) is 18.4. The van der Waals surface area contributed by atoms with E-state index in [1.807, 2.05) is 24.3 Å². The number of anilines is 1. The lowest BCUT2D eigenvalue weighted by Crippen LogP contribution is -2.40. The van der Waals surface area contributed by atoms with Gasteiger partial charge in [-0.15, -0.1) is 0 Å². The minimum Gasteiger partial charge on any atom is -0.380 e. The molecule has 1 fully saturated rings. The van der Waals surface area contributed by atoms with Gasteiger partial charge in [0.25, 0.3) is 5.91 Å². The van der Waals surface area contributed by atoms with E-state index < -0.39 is 5.60 Å². The van der Waals surface area contributed by atoms with Gasteiger partial charge in [-0.2, -0.15) is 0 Å². The lowest BCUT2D eigenvalue weighted by Gasteiger charge is -2.20. The van der Waals surface area contributed by atoms with Crippen LogP contribution >= 0.6 is 22.6 Å². The zero-order valence-corrected chi connectivity index (χ0v) is 11.0. The van der Waals surface area contributed by atoms with Crippen molar-refractivity contribution in [1.29, 1.82) is 0 Å². The van der Waals surface area contributed by atoms with Crippen molar-refractivity contribution < 1.29 is 9.90 Å². The summed E-state index contributed by atoms with van der Waals surface area (Å²) in [5.41, 5.74) is -0.408. The molecule has 0 saturated heterocycles. The maximum Gasteiger partial charge on any atom is 0.256 e. The zero-order valence-electron chi connectivity index (χ0n) is 8.87. The van der Waals surface area contributed by atoms with Crippen molar-refractivity contribution in [2.24, 2.45) is 0 Å². The van der Waals surface area contributed by atoms with Crippen LogP contribution in [0.5, 0.6) is 0 Å². The third kappa shape index (κ3) is 2.55. The molecule has 2 rings (SSSR count). The highest BCUT2D eigenvalue weighted by molar-refractivity contribution is 14.1. The Balaban J connectivity index is 2.04. The SMILES string of the molecule is O=C(Nc1ccc(I)cc1)C1(O)CCCC1. The summed E-state index contributed by atoms with van der Waals surface area (Å²) in [7, 11) is 0. The first-order valence-corrected chi connectivity index (χ1v) is 6.47. The second-order valence-electron chi connectivity index (χ2n) is 4.20. The van der Waals surface area contributed by atoms with Crippen LogP contribution in [0.15, 0.2) is 24.3 Å². The number of hydrogen-bond acceptors (Lipinski definition) is 2. The number of rotatable bonds is 2. The molecular formula is C12H14INO2. The maximum absolute atomic E-state index is 11.9. The van der Waals surface area contributed by atoms with Crippen LogP contribution in [0.4, 0.5) is 5.69 Å². The first-order chi connectivity index (χ1) is 7.60. The third-order valence-corrected chi connectivity index (χ3v) is 3.67. The number of amides is 1. The van der Waals surface area contributed by atoms with Crippen LogP contribution < -0.4 is 5.32 Å². The van der Waals surface area contributed by atoms with Crippen LogP contribution in [0.1, 0.15) is 25.7 Å². The van der Waals surface area contributed by atoms with Gasteiger partial charge in [0.15, 0.2) is 0 Å². The molecule has 86 valence electrons. The zero-order chi connectivity index (χ0) is 11.6. The second-order valence-corrected chi connectivity index (χ2v) is 5.45. The second kappa shape index (κ2) is 4.71. The molecule has 0 radical (unpaired) electrons. The highest BCUT2D eigenvalue weighted by Gasteiger charge is 2.38. The van der Waals surface area contributed by atoms with Crippen molar-refractivity contribution in [3.8, 4) is 0 Å². The molecule has 0 spiro atoms. The number of aliphatic hydroxyl groups is 1. The molecule has 3 nitrogen and oxygen atoms in total. The highest BCUT2D eigenvalue weighted by Crippen LogP contribution is 2.30. The molecule has 1 aromatic rings. The Morgan fingerprint density at radius 3 is 2.38 bits per heavy atom. The van der Waals surface area contributed by atoms with Crippen molar-refractivity contribution in [3.63, 3.8) is 0 Å². The summed E-state index contributed by atoms with van der Waals surface area (Å²) in [6.45, 7) is 0. The summed E-state index contributed by atoms with van der Waals surface area (Å²) in [6, 6.07) is 7.54. The molecule has 1 aliphatic rings. The van der Waals surface area contributed by atoms with E-state index in [4.69, 9.17) is 0 Å². The van der Waals surface area contributed by atoms with E-state index in [1.165, 1.54) is 0 Å². The molecule has 4 heteroatoms. The molecule has 0 aliphatic heterocycles. The van der Waals surface area contributed by atoms with Gasteiger partial charge < -0.3 is 10.4 Å². The van der Waals surface area contributed by atoms with Gasteiger partial charge >= 0.3 is 0 Å². The average molecular weight is 331 g/mol. The minimum absolute atomic E-state index is 0.272. The predicted octanol–water partition coefficient (Wildman–Crippen LogP) is 2.53. The summed E-state index contributed by atoms with van der Waals surface area (Å²) in [5.74, 6) is -0.272. The fraction of sp³-hybridized carbons (Fsp3) is 0.417. The van der Waals surface area contributed by atoms with Crippen LogP contribution in [0.2, 0.25) is 0 Å². The van der Waals surface area contributed by atoms with E-state index in [0.29, 0.717) is 12.8 Å². The molecule has 16 heavy (non-hydrogen) atoms. The van der Waals surface area contributed by atoms with E-state index in [1.54, 1.807) is 0 Å². The molecule has 1 amide bonds. The quantitative estimate of drug-likeness (QED) is 0.819. The average Bonchev–Trinajstić information content (AvgIpc) is 2.70. The molecule has 0 bridgehead atoms. The van der Waals surface area contributed by atoms with Gasteiger partial charge in [-0.05, 0) is 72.5 Å². The number of carbonyl (C=O) groups is 1. The van der Waals surface area contributed by atoms with Crippen molar-refractivity contribution in [1.82, 2.24) is 0 Å². The summed E-state index contributed by atoms with van der Waals surface area (Å²) in [5, 5.41) is 12.8. The molecule has 1 saturated carbocycles. The van der Waals surface area contributed by atoms with E-state index in [9.17, 15) is 9.90 Å². The van der Waals surface area contributed by atoms with Crippen molar-refractivity contribution in [2.45, 2.75) is 31.3 Å². The fourth-order valence-corrected chi connectivity index (χ4v) is 2.33. The van der Waals surface area contributed by atoms with Gasteiger partial charge in [-0.1, -0.05) is 0 Å². The van der Waals surface area contributed by atoms with Crippen LogP contribution in [-0.4, -0.2) is 16.6 Å². The van der Waals surface area contributed by atoms with Crippen LogP contribution in [0.3, 0.4) is 0 Å². The highest BCUT2D eigenvalue weighted by atomic mass is 127. The monoisotopic (exact) mass is 331 g/mol. The van der Waals surface area contributed by atoms with Gasteiger partial charge in [-0.3, -0.25) is 4.79 Å². The first-order valence-electron chi connectivity index (χ1n) is 5.40. The van der Waals surface area contributed by atoms with Crippen LogP contribution in [0.25, 0.3) is 0 Å². The smallest absolute Gasteiger partial charge is 0.256 e.